The van der Waals surface area contributed by atoms with Crippen molar-refractivity contribution < 1.29 is 14.7 Å². The van der Waals surface area contributed by atoms with Crippen molar-refractivity contribution in [2.24, 2.45) is 5.73 Å². The van der Waals surface area contributed by atoms with Gasteiger partial charge in [0, 0.05) is 19.6 Å². The van der Waals surface area contributed by atoms with E-state index in [-0.39, 0.29) is 12.5 Å². The summed E-state index contributed by atoms with van der Waals surface area (Å²) in [5.41, 5.74) is 4.90. The molecule has 6 nitrogen and oxygen atoms in total. The average Bonchev–Trinajstić information content (AvgIpc) is 2.77. The van der Waals surface area contributed by atoms with Gasteiger partial charge in [-0.1, -0.05) is 0 Å². The van der Waals surface area contributed by atoms with E-state index in [2.05, 4.69) is 5.32 Å². The minimum absolute atomic E-state index is 0.00849. The standard InChI is InChI=1S/C10H19N3O3/c1-7(12-6-8(14)9(11)15)10(16)13-4-2-3-5-13/h7-8,12,14H,2-6H2,1H3,(H2,11,15). The van der Waals surface area contributed by atoms with E-state index in [1.165, 1.54) is 0 Å². The minimum Gasteiger partial charge on any atom is -0.382 e. The van der Waals surface area contributed by atoms with E-state index >= 15 is 0 Å². The second kappa shape index (κ2) is 5.81. The number of carbonyl (C=O) groups excluding carboxylic acids is 2. The number of amides is 2. The molecule has 1 aliphatic rings. The lowest BCUT2D eigenvalue weighted by atomic mass is 10.2. The van der Waals surface area contributed by atoms with Crippen molar-refractivity contribution >= 4 is 11.8 Å². The predicted molar refractivity (Wildman–Crippen MR) is 58.5 cm³/mol. The van der Waals surface area contributed by atoms with Crippen LogP contribution in [0.4, 0.5) is 0 Å². The van der Waals surface area contributed by atoms with Crippen LogP contribution in [0.5, 0.6) is 0 Å². The van der Waals surface area contributed by atoms with Gasteiger partial charge in [0.25, 0.3) is 0 Å². The van der Waals surface area contributed by atoms with Crippen LogP contribution in [-0.2, 0) is 9.59 Å². The number of carbonyl (C=O) groups is 2. The maximum Gasteiger partial charge on any atom is 0.247 e. The second-order valence-electron chi connectivity index (χ2n) is 4.08. The Labute approximate surface area is 94.8 Å². The van der Waals surface area contributed by atoms with Gasteiger partial charge in [0.2, 0.25) is 11.8 Å². The largest absolute Gasteiger partial charge is 0.382 e. The molecular weight excluding hydrogens is 210 g/mol. The number of nitrogens with two attached hydrogens (primary N) is 1. The highest BCUT2D eigenvalue weighted by molar-refractivity contribution is 5.82. The second-order valence-corrected chi connectivity index (χ2v) is 4.08. The lowest BCUT2D eigenvalue weighted by molar-refractivity contribution is -0.132. The molecule has 16 heavy (non-hydrogen) atoms. The van der Waals surface area contributed by atoms with Gasteiger partial charge >= 0.3 is 0 Å². The molecule has 0 aromatic rings. The lowest BCUT2D eigenvalue weighted by Gasteiger charge is -2.21. The van der Waals surface area contributed by atoms with E-state index in [1.807, 2.05) is 0 Å². The SMILES string of the molecule is CC(NCC(O)C(N)=O)C(=O)N1CCCC1. The van der Waals surface area contributed by atoms with Crippen LogP contribution in [0.25, 0.3) is 0 Å². The number of hydrogen-bond donors (Lipinski definition) is 3. The van der Waals surface area contributed by atoms with Gasteiger partial charge in [0.15, 0.2) is 0 Å². The van der Waals surface area contributed by atoms with Gasteiger partial charge < -0.3 is 21.1 Å². The zero-order valence-electron chi connectivity index (χ0n) is 9.48. The number of nitrogens with zero attached hydrogens (tertiary/aromatic N) is 1. The Balaban J connectivity index is 2.31. The number of nitrogens with one attached hydrogen (secondary N) is 1. The lowest BCUT2D eigenvalue weighted by Crippen LogP contribution is -2.48. The molecule has 0 aromatic carbocycles. The molecule has 0 aliphatic carbocycles. The normalized spacial score (nSPS) is 19.5. The fourth-order valence-corrected chi connectivity index (χ4v) is 1.69. The van der Waals surface area contributed by atoms with E-state index in [0.29, 0.717) is 0 Å². The fraction of sp³-hybridized carbons (Fsp3) is 0.800. The number of aliphatic hydroxyl groups is 1. The van der Waals surface area contributed by atoms with Crippen molar-refractivity contribution in [1.82, 2.24) is 10.2 Å². The summed E-state index contributed by atoms with van der Waals surface area (Å²) in [7, 11) is 0. The maximum absolute atomic E-state index is 11.8. The van der Waals surface area contributed by atoms with Crippen LogP contribution in [0, 0.1) is 0 Å². The van der Waals surface area contributed by atoms with Crippen molar-refractivity contribution in [2.45, 2.75) is 31.9 Å². The van der Waals surface area contributed by atoms with Crippen LogP contribution in [0.2, 0.25) is 0 Å². The highest BCUT2D eigenvalue weighted by atomic mass is 16.3. The van der Waals surface area contributed by atoms with Gasteiger partial charge in [-0.15, -0.1) is 0 Å². The van der Waals surface area contributed by atoms with Crippen LogP contribution in [0.15, 0.2) is 0 Å². The quantitative estimate of drug-likeness (QED) is 0.531. The van der Waals surface area contributed by atoms with Crippen LogP contribution in [0.1, 0.15) is 19.8 Å². The van der Waals surface area contributed by atoms with Gasteiger partial charge in [-0.2, -0.15) is 0 Å². The summed E-state index contributed by atoms with van der Waals surface area (Å²) in [4.78, 5) is 24.2. The zero-order chi connectivity index (χ0) is 12.1. The topological polar surface area (TPSA) is 95.7 Å². The van der Waals surface area contributed by atoms with E-state index in [0.717, 1.165) is 25.9 Å². The van der Waals surface area contributed by atoms with Crippen molar-refractivity contribution in [3.05, 3.63) is 0 Å². The highest BCUT2D eigenvalue weighted by Gasteiger charge is 2.23. The van der Waals surface area contributed by atoms with Crippen LogP contribution >= 0.6 is 0 Å². The molecule has 1 aliphatic heterocycles. The Morgan fingerprint density at radius 1 is 1.44 bits per heavy atom. The predicted octanol–water partition coefficient (Wildman–Crippen LogP) is -1.57. The summed E-state index contributed by atoms with van der Waals surface area (Å²) in [5.74, 6) is -0.775. The minimum atomic E-state index is -1.24. The first-order valence-electron chi connectivity index (χ1n) is 5.52. The average molecular weight is 229 g/mol. The van der Waals surface area contributed by atoms with Crippen LogP contribution in [-0.4, -0.2) is 53.6 Å². The Bertz CT molecular complexity index is 264. The molecular formula is C10H19N3O3. The van der Waals surface area contributed by atoms with Crippen LogP contribution < -0.4 is 11.1 Å². The molecule has 0 aromatic heterocycles. The summed E-state index contributed by atoms with van der Waals surface area (Å²) in [6.45, 7) is 3.32. The number of aliphatic hydroxyl groups excluding tert-OH is 1. The summed E-state index contributed by atoms with van der Waals surface area (Å²) >= 11 is 0. The molecule has 6 heteroatoms. The molecule has 2 atom stereocenters. The highest BCUT2D eigenvalue weighted by Crippen LogP contribution is 2.08. The first-order valence-corrected chi connectivity index (χ1v) is 5.52. The number of rotatable bonds is 5. The first-order chi connectivity index (χ1) is 7.52. The summed E-state index contributed by atoms with van der Waals surface area (Å²) in [5, 5.41) is 12.0. The van der Waals surface area contributed by atoms with E-state index in [1.54, 1.807) is 11.8 Å². The molecule has 0 spiro atoms. The van der Waals surface area contributed by atoms with Crippen molar-refractivity contribution in [3.63, 3.8) is 0 Å². The third kappa shape index (κ3) is 3.46. The fourth-order valence-electron chi connectivity index (χ4n) is 1.69. The summed E-state index contributed by atoms with van der Waals surface area (Å²) in [6.07, 6.45) is 0.846. The first kappa shape index (κ1) is 12.9. The van der Waals surface area contributed by atoms with E-state index in [4.69, 9.17) is 10.8 Å². The molecule has 2 amide bonds. The Hall–Kier alpha value is -1.14. The van der Waals surface area contributed by atoms with Gasteiger partial charge in [-0.05, 0) is 19.8 Å². The Morgan fingerprint density at radius 3 is 2.50 bits per heavy atom. The van der Waals surface area contributed by atoms with Gasteiger partial charge in [-0.3, -0.25) is 9.59 Å². The maximum atomic E-state index is 11.8. The molecule has 92 valence electrons. The molecule has 2 unspecified atom stereocenters. The molecule has 0 saturated carbocycles. The summed E-state index contributed by atoms with van der Waals surface area (Å²) < 4.78 is 0. The number of primary amides is 1. The Morgan fingerprint density at radius 2 is 2.00 bits per heavy atom. The molecule has 1 rings (SSSR count). The van der Waals surface area contributed by atoms with Crippen molar-refractivity contribution in [1.29, 1.82) is 0 Å². The molecule has 4 N–H and O–H groups in total. The molecule has 1 heterocycles. The van der Waals surface area contributed by atoms with Gasteiger partial charge in [-0.25, -0.2) is 0 Å². The number of likely N-dealkylation sites (tertiary alicyclic amines) is 1. The van der Waals surface area contributed by atoms with Gasteiger partial charge in [0.1, 0.15) is 6.10 Å². The van der Waals surface area contributed by atoms with E-state index in [9.17, 15) is 9.59 Å². The molecule has 0 radical (unpaired) electrons. The Kier molecular flexibility index (Phi) is 4.70. The number of hydrogen-bond acceptors (Lipinski definition) is 4. The zero-order valence-corrected chi connectivity index (χ0v) is 9.48. The third-order valence-corrected chi connectivity index (χ3v) is 2.73. The smallest absolute Gasteiger partial charge is 0.247 e. The van der Waals surface area contributed by atoms with Crippen molar-refractivity contribution in [2.75, 3.05) is 19.6 Å². The third-order valence-electron chi connectivity index (χ3n) is 2.73. The molecule has 1 saturated heterocycles. The molecule has 0 bridgehead atoms. The van der Waals surface area contributed by atoms with E-state index < -0.39 is 18.1 Å². The van der Waals surface area contributed by atoms with Gasteiger partial charge in [0.05, 0.1) is 6.04 Å². The summed E-state index contributed by atoms with van der Waals surface area (Å²) in [6, 6.07) is -0.396. The molecule has 1 fully saturated rings. The van der Waals surface area contributed by atoms with Crippen LogP contribution in [0.3, 0.4) is 0 Å². The monoisotopic (exact) mass is 229 g/mol. The van der Waals surface area contributed by atoms with Crippen molar-refractivity contribution in [3.8, 4) is 0 Å².